The SMILES string of the molecule is O=S(=O)(Nc1nc2ccccc2nc1NCCO)c1ccccc1. The minimum absolute atomic E-state index is 0.0889. The maximum atomic E-state index is 12.5. The highest BCUT2D eigenvalue weighted by Crippen LogP contribution is 2.24. The predicted molar refractivity (Wildman–Crippen MR) is 92.4 cm³/mol. The number of hydrogen-bond acceptors (Lipinski definition) is 6. The summed E-state index contributed by atoms with van der Waals surface area (Å²) >= 11 is 0. The van der Waals surface area contributed by atoms with Crippen LogP contribution in [0.5, 0.6) is 0 Å². The summed E-state index contributed by atoms with van der Waals surface area (Å²) in [7, 11) is -3.78. The molecule has 0 bridgehead atoms. The Morgan fingerprint density at radius 2 is 1.46 bits per heavy atom. The lowest BCUT2D eigenvalue weighted by Gasteiger charge is -2.13. The van der Waals surface area contributed by atoms with Crippen LogP contribution < -0.4 is 10.0 Å². The van der Waals surface area contributed by atoms with Crippen LogP contribution in [0.4, 0.5) is 11.6 Å². The Bertz CT molecular complexity index is 946. The molecule has 1 heterocycles. The molecule has 0 aliphatic carbocycles. The van der Waals surface area contributed by atoms with Crippen molar-refractivity contribution >= 4 is 32.7 Å². The van der Waals surface area contributed by atoms with Crippen molar-refractivity contribution in [3.8, 4) is 0 Å². The zero-order chi connectivity index (χ0) is 17.0. The molecule has 0 atom stereocenters. The third kappa shape index (κ3) is 3.44. The van der Waals surface area contributed by atoms with Gasteiger partial charge in [-0.15, -0.1) is 0 Å². The normalized spacial score (nSPS) is 11.4. The van der Waals surface area contributed by atoms with E-state index in [1.807, 2.05) is 6.07 Å². The van der Waals surface area contributed by atoms with Gasteiger partial charge in [-0.2, -0.15) is 0 Å². The van der Waals surface area contributed by atoms with Crippen molar-refractivity contribution in [2.75, 3.05) is 23.2 Å². The Morgan fingerprint density at radius 1 is 0.875 bits per heavy atom. The van der Waals surface area contributed by atoms with Crippen LogP contribution in [0.2, 0.25) is 0 Å². The standard InChI is InChI=1S/C16H16N4O3S/c21-11-10-17-15-16(19-14-9-5-4-8-13(14)18-15)20-24(22,23)12-6-2-1-3-7-12/h1-9,21H,10-11H2,(H,17,18)(H,19,20). The van der Waals surface area contributed by atoms with Crippen LogP contribution in [0, 0.1) is 0 Å². The highest BCUT2D eigenvalue weighted by atomic mass is 32.2. The molecule has 7 nitrogen and oxygen atoms in total. The Hall–Kier alpha value is -2.71. The summed E-state index contributed by atoms with van der Waals surface area (Å²) in [6.07, 6.45) is 0. The lowest BCUT2D eigenvalue weighted by Crippen LogP contribution is -2.17. The van der Waals surface area contributed by atoms with E-state index >= 15 is 0 Å². The topological polar surface area (TPSA) is 104 Å². The van der Waals surface area contributed by atoms with Gasteiger partial charge in [0.2, 0.25) is 0 Å². The molecule has 0 aliphatic rings. The molecule has 1 aromatic heterocycles. The lowest BCUT2D eigenvalue weighted by molar-refractivity contribution is 0.311. The number of sulfonamides is 1. The number of nitrogens with one attached hydrogen (secondary N) is 2. The van der Waals surface area contributed by atoms with E-state index in [9.17, 15) is 8.42 Å². The van der Waals surface area contributed by atoms with Gasteiger partial charge in [-0.05, 0) is 24.3 Å². The molecular weight excluding hydrogens is 328 g/mol. The molecular formula is C16H16N4O3S. The van der Waals surface area contributed by atoms with Crippen molar-refractivity contribution in [1.82, 2.24) is 9.97 Å². The number of aliphatic hydroxyl groups excluding tert-OH is 1. The Kier molecular flexibility index (Phi) is 4.59. The molecule has 3 aromatic rings. The van der Waals surface area contributed by atoms with Crippen LogP contribution in [0.15, 0.2) is 59.5 Å². The van der Waals surface area contributed by atoms with Crippen molar-refractivity contribution in [1.29, 1.82) is 0 Å². The summed E-state index contributed by atoms with van der Waals surface area (Å²) in [5, 5.41) is 11.9. The van der Waals surface area contributed by atoms with Gasteiger partial charge in [-0.3, -0.25) is 4.72 Å². The number of benzene rings is 2. The van der Waals surface area contributed by atoms with Crippen LogP contribution in [0.1, 0.15) is 0 Å². The summed E-state index contributed by atoms with van der Waals surface area (Å²) in [6.45, 7) is 0.118. The molecule has 0 radical (unpaired) electrons. The zero-order valence-electron chi connectivity index (χ0n) is 12.7. The van der Waals surface area contributed by atoms with Crippen LogP contribution in [-0.2, 0) is 10.0 Å². The van der Waals surface area contributed by atoms with Gasteiger partial charge in [0.05, 0.1) is 22.5 Å². The number of anilines is 2. The molecule has 3 N–H and O–H groups in total. The molecule has 0 saturated heterocycles. The van der Waals surface area contributed by atoms with E-state index in [1.165, 1.54) is 12.1 Å². The zero-order valence-corrected chi connectivity index (χ0v) is 13.5. The van der Waals surface area contributed by atoms with Gasteiger partial charge in [0.1, 0.15) is 0 Å². The number of nitrogens with zero attached hydrogens (tertiary/aromatic N) is 2. The smallest absolute Gasteiger partial charge is 0.263 e. The highest BCUT2D eigenvalue weighted by molar-refractivity contribution is 7.92. The molecule has 3 rings (SSSR count). The van der Waals surface area contributed by atoms with Crippen molar-refractivity contribution in [3.63, 3.8) is 0 Å². The fraction of sp³-hybridized carbons (Fsp3) is 0.125. The summed E-state index contributed by atoms with van der Waals surface area (Å²) in [5.41, 5.74) is 1.19. The fourth-order valence-corrected chi connectivity index (χ4v) is 3.18. The fourth-order valence-electron chi connectivity index (χ4n) is 2.15. The van der Waals surface area contributed by atoms with Gasteiger partial charge in [-0.25, -0.2) is 18.4 Å². The molecule has 0 unspecified atom stereocenters. The largest absolute Gasteiger partial charge is 0.395 e. The van der Waals surface area contributed by atoms with Crippen LogP contribution >= 0.6 is 0 Å². The molecule has 0 saturated carbocycles. The maximum absolute atomic E-state index is 12.5. The number of hydrogen-bond donors (Lipinski definition) is 3. The molecule has 2 aromatic carbocycles. The van der Waals surface area contributed by atoms with Crippen molar-refractivity contribution < 1.29 is 13.5 Å². The quantitative estimate of drug-likeness (QED) is 0.630. The number of aliphatic hydroxyl groups is 1. The summed E-state index contributed by atoms with van der Waals surface area (Å²) < 4.78 is 27.5. The van der Waals surface area contributed by atoms with Gasteiger partial charge in [0.15, 0.2) is 11.6 Å². The van der Waals surface area contributed by atoms with Crippen molar-refractivity contribution in [2.45, 2.75) is 4.90 Å². The number of aromatic nitrogens is 2. The second-order valence-electron chi connectivity index (χ2n) is 4.98. The van der Waals surface area contributed by atoms with Gasteiger partial charge in [0, 0.05) is 6.54 Å². The summed E-state index contributed by atoms with van der Waals surface area (Å²) in [5.74, 6) is 0.355. The van der Waals surface area contributed by atoms with E-state index in [1.54, 1.807) is 36.4 Å². The first kappa shape index (κ1) is 16.2. The summed E-state index contributed by atoms with van der Waals surface area (Å²) in [4.78, 5) is 8.85. The van der Waals surface area contributed by atoms with Crippen LogP contribution in [0.25, 0.3) is 11.0 Å². The second kappa shape index (κ2) is 6.81. The number of fused-ring (bicyclic) bond motifs is 1. The maximum Gasteiger partial charge on any atom is 0.263 e. The number of rotatable bonds is 6. The van der Waals surface area contributed by atoms with Crippen molar-refractivity contribution in [3.05, 3.63) is 54.6 Å². The van der Waals surface area contributed by atoms with Crippen molar-refractivity contribution in [2.24, 2.45) is 0 Å². The van der Waals surface area contributed by atoms with E-state index in [-0.39, 0.29) is 29.7 Å². The molecule has 0 amide bonds. The van der Waals surface area contributed by atoms with Gasteiger partial charge >= 0.3 is 0 Å². The third-order valence-corrected chi connectivity index (χ3v) is 4.61. The molecule has 8 heteroatoms. The average Bonchev–Trinajstić information content (AvgIpc) is 2.60. The highest BCUT2D eigenvalue weighted by Gasteiger charge is 2.18. The number of para-hydroxylation sites is 2. The Morgan fingerprint density at radius 3 is 2.08 bits per heavy atom. The molecule has 124 valence electrons. The molecule has 0 spiro atoms. The van der Waals surface area contributed by atoms with Gasteiger partial charge in [0.25, 0.3) is 10.0 Å². The van der Waals surface area contributed by atoms with Gasteiger partial charge < -0.3 is 10.4 Å². The monoisotopic (exact) mass is 344 g/mol. The van der Waals surface area contributed by atoms with E-state index in [4.69, 9.17) is 5.11 Å². The van der Waals surface area contributed by atoms with E-state index < -0.39 is 10.0 Å². The lowest BCUT2D eigenvalue weighted by atomic mass is 10.3. The minimum Gasteiger partial charge on any atom is -0.395 e. The van der Waals surface area contributed by atoms with E-state index in [0.29, 0.717) is 11.0 Å². The van der Waals surface area contributed by atoms with E-state index in [0.717, 1.165) is 0 Å². The third-order valence-electron chi connectivity index (χ3n) is 3.26. The van der Waals surface area contributed by atoms with E-state index in [2.05, 4.69) is 20.0 Å². The molecule has 24 heavy (non-hydrogen) atoms. The first-order valence-corrected chi connectivity index (χ1v) is 8.78. The first-order chi connectivity index (χ1) is 11.6. The minimum atomic E-state index is -3.78. The Balaban J connectivity index is 2.03. The van der Waals surface area contributed by atoms with Crippen LogP contribution in [0.3, 0.4) is 0 Å². The first-order valence-electron chi connectivity index (χ1n) is 7.29. The second-order valence-corrected chi connectivity index (χ2v) is 6.66. The molecule has 0 aliphatic heterocycles. The summed E-state index contributed by atoms with van der Waals surface area (Å²) in [6, 6.07) is 15.2. The van der Waals surface area contributed by atoms with Gasteiger partial charge in [-0.1, -0.05) is 30.3 Å². The Labute approximate surface area is 139 Å². The molecule has 0 fully saturated rings. The predicted octanol–water partition coefficient (Wildman–Crippen LogP) is 1.83. The van der Waals surface area contributed by atoms with Crippen LogP contribution in [-0.4, -0.2) is 36.6 Å². The average molecular weight is 344 g/mol.